The van der Waals surface area contributed by atoms with Gasteiger partial charge >= 0.3 is 0 Å². The van der Waals surface area contributed by atoms with Crippen LogP contribution < -0.4 is 5.73 Å². The van der Waals surface area contributed by atoms with Crippen molar-refractivity contribution in [2.45, 2.75) is 6.92 Å². The SMILES string of the molecule is Cc1cnc(-c2cccc3ncccc23)c(N)c1. The number of benzene rings is 1. The Balaban J connectivity index is 2.31. The van der Waals surface area contributed by atoms with Crippen molar-refractivity contribution in [3.8, 4) is 11.3 Å². The average Bonchev–Trinajstić information content (AvgIpc) is 2.38. The van der Waals surface area contributed by atoms with Crippen LogP contribution in [0, 0.1) is 6.92 Å². The summed E-state index contributed by atoms with van der Waals surface area (Å²) in [4.78, 5) is 8.79. The van der Waals surface area contributed by atoms with Crippen LogP contribution in [0.5, 0.6) is 0 Å². The molecule has 0 aliphatic heterocycles. The highest BCUT2D eigenvalue weighted by molar-refractivity contribution is 5.96. The normalized spacial score (nSPS) is 10.7. The molecule has 2 heterocycles. The van der Waals surface area contributed by atoms with Gasteiger partial charge < -0.3 is 5.73 Å². The molecule has 0 amide bonds. The zero-order chi connectivity index (χ0) is 12.5. The number of nitrogens with zero attached hydrogens (tertiary/aromatic N) is 2. The lowest BCUT2D eigenvalue weighted by molar-refractivity contribution is 1.28. The number of pyridine rings is 2. The number of nitrogen functional groups attached to an aromatic ring is 1. The van der Waals surface area contributed by atoms with Gasteiger partial charge in [0, 0.05) is 23.3 Å². The summed E-state index contributed by atoms with van der Waals surface area (Å²) in [5.41, 5.74) is 10.6. The first-order valence-corrected chi connectivity index (χ1v) is 5.82. The summed E-state index contributed by atoms with van der Waals surface area (Å²) < 4.78 is 0. The van der Waals surface area contributed by atoms with Crippen LogP contribution in [0.4, 0.5) is 5.69 Å². The van der Waals surface area contributed by atoms with Gasteiger partial charge in [0.2, 0.25) is 0 Å². The molecule has 0 spiro atoms. The molecule has 3 heteroatoms. The minimum absolute atomic E-state index is 0.700. The molecule has 0 aliphatic rings. The van der Waals surface area contributed by atoms with Crippen LogP contribution >= 0.6 is 0 Å². The molecular formula is C15H13N3. The summed E-state index contributed by atoms with van der Waals surface area (Å²) >= 11 is 0. The van der Waals surface area contributed by atoms with E-state index >= 15 is 0 Å². The van der Waals surface area contributed by atoms with E-state index in [1.165, 1.54) is 0 Å². The molecule has 1 aromatic carbocycles. The van der Waals surface area contributed by atoms with Gasteiger partial charge in [-0.3, -0.25) is 9.97 Å². The van der Waals surface area contributed by atoms with E-state index in [1.807, 2.05) is 49.5 Å². The number of hydrogen-bond donors (Lipinski definition) is 1. The molecule has 88 valence electrons. The monoisotopic (exact) mass is 235 g/mol. The second-order valence-electron chi connectivity index (χ2n) is 4.33. The molecule has 2 N–H and O–H groups in total. The number of hydrogen-bond acceptors (Lipinski definition) is 3. The maximum Gasteiger partial charge on any atom is 0.0938 e. The maximum atomic E-state index is 6.06. The van der Waals surface area contributed by atoms with Crippen molar-refractivity contribution in [1.82, 2.24) is 9.97 Å². The first-order chi connectivity index (χ1) is 8.75. The first-order valence-electron chi connectivity index (χ1n) is 5.82. The fourth-order valence-electron chi connectivity index (χ4n) is 2.13. The maximum absolute atomic E-state index is 6.06. The van der Waals surface area contributed by atoms with Gasteiger partial charge in [-0.15, -0.1) is 0 Å². The highest BCUT2D eigenvalue weighted by Crippen LogP contribution is 2.30. The third-order valence-electron chi connectivity index (χ3n) is 2.95. The summed E-state index contributed by atoms with van der Waals surface area (Å²) in [6.07, 6.45) is 3.62. The summed E-state index contributed by atoms with van der Waals surface area (Å²) in [5.74, 6) is 0. The van der Waals surface area contributed by atoms with Gasteiger partial charge in [0.1, 0.15) is 0 Å². The van der Waals surface area contributed by atoms with Crippen molar-refractivity contribution in [2.24, 2.45) is 0 Å². The predicted octanol–water partition coefficient (Wildman–Crippen LogP) is 3.19. The Kier molecular flexibility index (Phi) is 2.45. The van der Waals surface area contributed by atoms with Crippen molar-refractivity contribution in [3.05, 3.63) is 54.4 Å². The number of rotatable bonds is 1. The van der Waals surface area contributed by atoms with Gasteiger partial charge in [-0.1, -0.05) is 18.2 Å². The molecule has 2 aromatic heterocycles. The molecule has 0 aliphatic carbocycles. The van der Waals surface area contributed by atoms with Crippen LogP contribution in [0.25, 0.3) is 22.2 Å². The van der Waals surface area contributed by atoms with Gasteiger partial charge in [-0.2, -0.15) is 0 Å². The molecule has 3 nitrogen and oxygen atoms in total. The molecule has 3 rings (SSSR count). The number of fused-ring (bicyclic) bond motifs is 1. The van der Waals surface area contributed by atoms with E-state index in [2.05, 4.69) is 9.97 Å². The van der Waals surface area contributed by atoms with Gasteiger partial charge in [-0.05, 0) is 30.7 Å². The van der Waals surface area contributed by atoms with E-state index in [0.29, 0.717) is 5.69 Å². The molecule has 0 radical (unpaired) electrons. The molecule has 0 saturated heterocycles. The predicted molar refractivity (Wildman–Crippen MR) is 74.1 cm³/mol. The zero-order valence-corrected chi connectivity index (χ0v) is 10.1. The topological polar surface area (TPSA) is 51.8 Å². The molecule has 0 fully saturated rings. The molecule has 3 aromatic rings. The summed E-state index contributed by atoms with van der Waals surface area (Å²) in [6, 6.07) is 11.9. The first kappa shape index (κ1) is 10.7. The summed E-state index contributed by atoms with van der Waals surface area (Å²) in [5, 5.41) is 1.07. The van der Waals surface area contributed by atoms with Gasteiger partial charge in [0.25, 0.3) is 0 Å². The second-order valence-corrected chi connectivity index (χ2v) is 4.33. The standard InChI is InChI=1S/C15H13N3/c1-10-8-13(16)15(18-9-10)12-4-2-6-14-11(12)5-3-7-17-14/h2-9H,16H2,1H3. The van der Waals surface area contributed by atoms with Gasteiger partial charge in [0.15, 0.2) is 0 Å². The lowest BCUT2D eigenvalue weighted by Crippen LogP contribution is -1.95. The number of nitrogens with two attached hydrogens (primary N) is 1. The Morgan fingerprint density at radius 2 is 1.94 bits per heavy atom. The molecule has 0 bridgehead atoms. The Hall–Kier alpha value is -2.42. The van der Waals surface area contributed by atoms with E-state index in [9.17, 15) is 0 Å². The molecular weight excluding hydrogens is 222 g/mol. The molecule has 18 heavy (non-hydrogen) atoms. The third kappa shape index (κ3) is 1.70. The highest BCUT2D eigenvalue weighted by Gasteiger charge is 2.08. The van der Waals surface area contributed by atoms with E-state index in [1.54, 1.807) is 6.20 Å². The van der Waals surface area contributed by atoms with Crippen LogP contribution in [0.3, 0.4) is 0 Å². The van der Waals surface area contributed by atoms with Crippen LogP contribution in [-0.4, -0.2) is 9.97 Å². The quantitative estimate of drug-likeness (QED) is 0.704. The largest absolute Gasteiger partial charge is 0.397 e. The van der Waals surface area contributed by atoms with Gasteiger partial charge in [0.05, 0.1) is 16.9 Å². The Labute approximate surface area is 105 Å². The average molecular weight is 235 g/mol. The Morgan fingerprint density at radius 1 is 1.06 bits per heavy atom. The van der Waals surface area contributed by atoms with E-state index in [0.717, 1.165) is 27.7 Å². The number of aromatic nitrogens is 2. The van der Waals surface area contributed by atoms with Crippen molar-refractivity contribution >= 4 is 16.6 Å². The van der Waals surface area contributed by atoms with Crippen molar-refractivity contribution in [3.63, 3.8) is 0 Å². The number of anilines is 1. The second kappa shape index (κ2) is 4.11. The van der Waals surface area contributed by atoms with Crippen LogP contribution in [0.15, 0.2) is 48.8 Å². The fraction of sp³-hybridized carbons (Fsp3) is 0.0667. The fourth-order valence-corrected chi connectivity index (χ4v) is 2.13. The molecule has 0 saturated carbocycles. The minimum atomic E-state index is 0.700. The van der Waals surface area contributed by atoms with Crippen molar-refractivity contribution in [2.75, 3.05) is 5.73 Å². The summed E-state index contributed by atoms with van der Waals surface area (Å²) in [6.45, 7) is 1.98. The number of aryl methyl sites for hydroxylation is 1. The lowest BCUT2D eigenvalue weighted by atomic mass is 10.0. The van der Waals surface area contributed by atoms with Crippen LogP contribution in [-0.2, 0) is 0 Å². The van der Waals surface area contributed by atoms with Crippen molar-refractivity contribution in [1.29, 1.82) is 0 Å². The van der Waals surface area contributed by atoms with Crippen LogP contribution in [0.2, 0.25) is 0 Å². The minimum Gasteiger partial charge on any atom is -0.397 e. The molecule has 0 atom stereocenters. The molecule has 0 unspecified atom stereocenters. The lowest BCUT2D eigenvalue weighted by Gasteiger charge is -2.08. The third-order valence-corrected chi connectivity index (χ3v) is 2.95. The van der Waals surface area contributed by atoms with Crippen molar-refractivity contribution < 1.29 is 0 Å². The highest BCUT2D eigenvalue weighted by atomic mass is 14.7. The van der Waals surface area contributed by atoms with Crippen LogP contribution in [0.1, 0.15) is 5.56 Å². The van der Waals surface area contributed by atoms with E-state index in [4.69, 9.17) is 5.73 Å². The Bertz CT molecular complexity index is 715. The zero-order valence-electron chi connectivity index (χ0n) is 10.1. The smallest absolute Gasteiger partial charge is 0.0938 e. The van der Waals surface area contributed by atoms with E-state index < -0.39 is 0 Å². The Morgan fingerprint density at radius 3 is 2.78 bits per heavy atom. The van der Waals surface area contributed by atoms with Gasteiger partial charge in [-0.25, -0.2) is 0 Å². The summed E-state index contributed by atoms with van der Waals surface area (Å²) in [7, 11) is 0. The van der Waals surface area contributed by atoms with E-state index in [-0.39, 0.29) is 0 Å².